The van der Waals surface area contributed by atoms with Gasteiger partial charge in [-0.2, -0.15) is 8.78 Å². The second kappa shape index (κ2) is 15.5. The first-order valence-corrected chi connectivity index (χ1v) is 16.7. The van der Waals surface area contributed by atoms with Crippen LogP contribution in [-0.4, -0.2) is 77.6 Å². The van der Waals surface area contributed by atoms with Gasteiger partial charge in [0.1, 0.15) is 6.10 Å². The highest BCUT2D eigenvalue weighted by Crippen LogP contribution is 2.38. The summed E-state index contributed by atoms with van der Waals surface area (Å²) in [5.41, 5.74) is 1.64. The number of amides is 2. The Morgan fingerprint density at radius 2 is 1.77 bits per heavy atom. The number of aromatic nitrogens is 1. The summed E-state index contributed by atoms with van der Waals surface area (Å²) in [6.07, 6.45) is 3.80. The maximum Gasteiger partial charge on any atom is 0.387 e. The number of thioether (sulfide) groups is 1. The van der Waals surface area contributed by atoms with Crippen molar-refractivity contribution in [3.63, 3.8) is 0 Å². The maximum atomic E-state index is 13.5. The Hall–Kier alpha value is -3.61. The number of ether oxygens (including phenoxy) is 3. The Morgan fingerprint density at radius 3 is 2.45 bits per heavy atom. The smallest absolute Gasteiger partial charge is 0.387 e. The van der Waals surface area contributed by atoms with Crippen molar-refractivity contribution >= 4 is 52.7 Å². The minimum absolute atomic E-state index is 0.0518. The van der Waals surface area contributed by atoms with E-state index in [1.54, 1.807) is 43.3 Å². The number of benzene rings is 2. The van der Waals surface area contributed by atoms with Crippen molar-refractivity contribution in [1.82, 2.24) is 14.8 Å². The van der Waals surface area contributed by atoms with Crippen LogP contribution < -0.4 is 9.47 Å². The third-order valence-corrected chi connectivity index (χ3v) is 9.57. The van der Waals surface area contributed by atoms with Crippen LogP contribution in [0.4, 0.5) is 8.78 Å². The Kier molecular flexibility index (Phi) is 11.5. The molecule has 9 nitrogen and oxygen atoms in total. The summed E-state index contributed by atoms with van der Waals surface area (Å²) >= 11 is 14.3. The Balaban J connectivity index is 1.37. The van der Waals surface area contributed by atoms with Crippen LogP contribution in [0.1, 0.15) is 57.2 Å². The van der Waals surface area contributed by atoms with Gasteiger partial charge in [-0.15, -0.1) is 11.8 Å². The van der Waals surface area contributed by atoms with E-state index in [1.807, 2.05) is 0 Å². The molecule has 1 aliphatic carbocycles. The molecule has 3 aromatic rings. The molecule has 47 heavy (non-hydrogen) atoms. The van der Waals surface area contributed by atoms with Gasteiger partial charge in [-0.1, -0.05) is 35.3 Å². The summed E-state index contributed by atoms with van der Waals surface area (Å²) in [6.45, 7) is -2.31. The van der Waals surface area contributed by atoms with Crippen molar-refractivity contribution in [3.8, 4) is 11.5 Å². The van der Waals surface area contributed by atoms with Gasteiger partial charge in [0, 0.05) is 56.3 Å². The normalized spacial score (nSPS) is 16.6. The lowest BCUT2D eigenvalue weighted by Gasteiger charge is -2.25. The summed E-state index contributed by atoms with van der Waals surface area (Å²) in [5, 5.41) is 0.00947. The summed E-state index contributed by atoms with van der Waals surface area (Å²) in [6, 6.07) is 10.9. The molecule has 0 spiro atoms. The van der Waals surface area contributed by atoms with Crippen molar-refractivity contribution in [2.24, 2.45) is 5.92 Å². The Bertz CT molecular complexity index is 1610. The average Bonchev–Trinajstić information content (AvgIpc) is 3.76. The second-order valence-electron chi connectivity index (χ2n) is 11.4. The van der Waals surface area contributed by atoms with Crippen LogP contribution in [0.15, 0.2) is 54.9 Å². The van der Waals surface area contributed by atoms with Crippen LogP contribution in [0, 0.1) is 5.92 Å². The second-order valence-corrected chi connectivity index (χ2v) is 13.5. The number of halogens is 4. The summed E-state index contributed by atoms with van der Waals surface area (Å²) in [4.78, 5) is 46.5. The molecule has 2 amide bonds. The van der Waals surface area contributed by atoms with E-state index in [9.17, 15) is 23.2 Å². The van der Waals surface area contributed by atoms with Crippen molar-refractivity contribution in [2.45, 2.75) is 43.8 Å². The van der Waals surface area contributed by atoms with E-state index in [0.29, 0.717) is 47.1 Å². The van der Waals surface area contributed by atoms with Crippen LogP contribution >= 0.6 is 35.0 Å². The van der Waals surface area contributed by atoms with Gasteiger partial charge < -0.3 is 24.0 Å². The van der Waals surface area contributed by atoms with Crippen molar-refractivity contribution < 1.29 is 37.4 Å². The average molecular weight is 709 g/mol. The SMILES string of the molecule is CN(C)C(=O)c1cccc(C(=O)N2CCSC2CC(=O)O[C@@H](Cc2c(Cl)cncc2Cl)c2ccc(OC(F)F)c(OCC3CC3)c2)c1. The minimum atomic E-state index is -3.06. The number of carbonyl (C=O) groups excluding carboxylic acids is 3. The number of rotatable bonds is 13. The molecule has 2 heterocycles. The Labute approximate surface area is 285 Å². The van der Waals surface area contributed by atoms with Crippen LogP contribution in [0.2, 0.25) is 10.0 Å². The van der Waals surface area contributed by atoms with E-state index in [0.717, 1.165) is 12.8 Å². The molecular formula is C33H33Cl2F2N3O6S. The molecule has 250 valence electrons. The minimum Gasteiger partial charge on any atom is -0.489 e. The maximum absolute atomic E-state index is 13.5. The van der Waals surface area contributed by atoms with E-state index < -0.39 is 24.1 Å². The molecule has 2 atom stereocenters. The van der Waals surface area contributed by atoms with Crippen molar-refractivity contribution in [2.75, 3.05) is 33.0 Å². The Morgan fingerprint density at radius 1 is 1.04 bits per heavy atom. The molecule has 2 aromatic carbocycles. The molecule has 1 unspecified atom stereocenters. The molecule has 1 saturated carbocycles. The van der Waals surface area contributed by atoms with Crippen LogP contribution in [0.5, 0.6) is 11.5 Å². The van der Waals surface area contributed by atoms with Gasteiger partial charge >= 0.3 is 12.6 Å². The number of pyridine rings is 1. The van der Waals surface area contributed by atoms with Crippen molar-refractivity contribution in [1.29, 1.82) is 0 Å². The summed E-state index contributed by atoms with van der Waals surface area (Å²) < 4.78 is 42.9. The molecule has 2 aliphatic rings. The third kappa shape index (κ3) is 9.05. The number of hydrogen-bond acceptors (Lipinski definition) is 8. The number of alkyl halides is 2. The number of esters is 1. The molecule has 0 bridgehead atoms. The van der Waals surface area contributed by atoms with Crippen LogP contribution in [0.25, 0.3) is 0 Å². The van der Waals surface area contributed by atoms with Gasteiger partial charge in [0.15, 0.2) is 11.5 Å². The lowest BCUT2D eigenvalue weighted by Crippen LogP contribution is -2.36. The molecular weight excluding hydrogens is 675 g/mol. The zero-order valence-corrected chi connectivity index (χ0v) is 28.0. The van der Waals surface area contributed by atoms with Crippen molar-refractivity contribution in [3.05, 3.63) is 87.2 Å². The molecule has 1 aromatic heterocycles. The van der Waals surface area contributed by atoms with Gasteiger partial charge in [-0.05, 0) is 60.2 Å². The first kappa shape index (κ1) is 34.7. The monoisotopic (exact) mass is 707 g/mol. The number of nitrogens with zero attached hydrogens (tertiary/aromatic N) is 3. The zero-order chi connectivity index (χ0) is 33.7. The third-order valence-electron chi connectivity index (χ3n) is 7.70. The van der Waals surface area contributed by atoms with Gasteiger partial charge in [0.25, 0.3) is 11.8 Å². The zero-order valence-electron chi connectivity index (χ0n) is 25.7. The molecule has 5 rings (SSSR count). The van der Waals surface area contributed by atoms with Gasteiger partial charge in [-0.3, -0.25) is 19.4 Å². The van der Waals surface area contributed by atoms with E-state index in [-0.39, 0.29) is 46.2 Å². The summed E-state index contributed by atoms with van der Waals surface area (Å²) in [7, 11) is 3.26. The van der Waals surface area contributed by atoms with E-state index in [2.05, 4.69) is 9.72 Å². The lowest BCUT2D eigenvalue weighted by atomic mass is 10.0. The molecule has 0 N–H and O–H groups in total. The highest BCUT2D eigenvalue weighted by molar-refractivity contribution is 8.00. The largest absolute Gasteiger partial charge is 0.489 e. The predicted octanol–water partition coefficient (Wildman–Crippen LogP) is 6.91. The van der Waals surface area contributed by atoms with E-state index in [1.165, 1.54) is 47.3 Å². The topological polar surface area (TPSA) is 98.3 Å². The van der Waals surface area contributed by atoms with Crippen LogP contribution in [0.3, 0.4) is 0 Å². The van der Waals surface area contributed by atoms with Gasteiger partial charge in [0.2, 0.25) is 0 Å². The quantitative estimate of drug-likeness (QED) is 0.177. The highest BCUT2D eigenvalue weighted by Gasteiger charge is 2.34. The standard InChI is InChI=1S/C33H33Cl2F2N3O6S/c1-39(2)31(42)21-4-3-5-22(12-21)32(43)40-10-11-47-29(40)15-30(41)45-27(14-23-24(34)16-38-17-25(23)35)20-8-9-26(46-33(36)37)28(13-20)44-18-19-6-7-19/h3-5,8-9,12-13,16-17,19,27,29,33H,6-7,10-11,14-15,18H2,1-2H3/t27-,29?/m0/s1. The highest BCUT2D eigenvalue weighted by atomic mass is 35.5. The number of carbonyl (C=O) groups is 3. The molecule has 14 heteroatoms. The lowest BCUT2D eigenvalue weighted by molar-refractivity contribution is -0.149. The summed E-state index contributed by atoms with van der Waals surface area (Å²) in [5.74, 6) is -0.224. The first-order chi connectivity index (χ1) is 22.5. The molecule has 1 saturated heterocycles. The van der Waals surface area contributed by atoms with Gasteiger partial charge in [-0.25, -0.2) is 0 Å². The first-order valence-electron chi connectivity index (χ1n) is 14.9. The fourth-order valence-electron chi connectivity index (χ4n) is 5.05. The predicted molar refractivity (Wildman–Crippen MR) is 174 cm³/mol. The fourth-order valence-corrected chi connectivity index (χ4v) is 6.78. The molecule has 1 aliphatic heterocycles. The number of hydrogen-bond donors (Lipinski definition) is 0. The molecule has 0 radical (unpaired) electrons. The van der Waals surface area contributed by atoms with E-state index >= 15 is 0 Å². The fraction of sp³-hybridized carbons (Fsp3) is 0.394. The van der Waals surface area contributed by atoms with Crippen LogP contribution in [-0.2, 0) is 16.0 Å². The van der Waals surface area contributed by atoms with E-state index in [4.69, 9.17) is 32.7 Å². The van der Waals surface area contributed by atoms with Gasteiger partial charge in [0.05, 0.1) is 28.4 Å². The molecule has 2 fully saturated rings.